The van der Waals surface area contributed by atoms with Crippen molar-refractivity contribution >= 4 is 22.8 Å². The van der Waals surface area contributed by atoms with Gasteiger partial charge < -0.3 is 15.4 Å². The number of rotatable bonds is 3. The van der Waals surface area contributed by atoms with E-state index in [1.165, 1.54) is 0 Å². The monoisotopic (exact) mass is 300 g/mol. The van der Waals surface area contributed by atoms with Crippen LogP contribution in [0.3, 0.4) is 0 Å². The fourth-order valence-corrected chi connectivity index (χ4v) is 2.50. The summed E-state index contributed by atoms with van der Waals surface area (Å²) in [5.74, 6) is 0. The first-order valence-corrected chi connectivity index (χ1v) is 7.53. The summed E-state index contributed by atoms with van der Waals surface area (Å²) >= 11 is 0. The lowest BCUT2D eigenvalue weighted by Crippen LogP contribution is -2.35. The van der Waals surface area contributed by atoms with Gasteiger partial charge in [0.05, 0.1) is 28.5 Å². The van der Waals surface area contributed by atoms with Crippen LogP contribution in [0.25, 0.3) is 11.0 Å². The summed E-state index contributed by atoms with van der Waals surface area (Å²) in [5.41, 5.74) is 4.12. The molecule has 0 bridgehead atoms. The lowest BCUT2D eigenvalue weighted by Gasteiger charge is -2.12. The van der Waals surface area contributed by atoms with Crippen LogP contribution >= 0.6 is 0 Å². The molecule has 116 valence electrons. The minimum atomic E-state index is -0.230. The molecule has 2 amide bonds. The molecule has 6 heteroatoms. The van der Waals surface area contributed by atoms with Gasteiger partial charge in [0, 0.05) is 18.8 Å². The van der Waals surface area contributed by atoms with Crippen molar-refractivity contribution in [2.45, 2.75) is 32.8 Å². The van der Waals surface area contributed by atoms with Crippen LogP contribution in [0.15, 0.2) is 18.2 Å². The van der Waals surface area contributed by atoms with Gasteiger partial charge in [-0.1, -0.05) is 0 Å². The molecule has 1 aromatic carbocycles. The van der Waals surface area contributed by atoms with Crippen LogP contribution in [-0.2, 0) is 4.74 Å². The number of nitrogens with zero attached hydrogens (tertiary/aromatic N) is 2. The molecule has 1 aliphatic rings. The first kappa shape index (κ1) is 14.7. The highest BCUT2D eigenvalue weighted by Crippen LogP contribution is 2.17. The molecule has 1 aliphatic heterocycles. The first-order valence-electron chi connectivity index (χ1n) is 7.53. The number of carbonyl (C=O) groups is 1. The van der Waals surface area contributed by atoms with Crippen molar-refractivity contribution in [2.75, 3.05) is 18.5 Å². The van der Waals surface area contributed by atoms with Gasteiger partial charge in [-0.15, -0.1) is 0 Å². The number of fused-ring (bicyclic) bond motifs is 1. The largest absolute Gasteiger partial charge is 0.376 e. The van der Waals surface area contributed by atoms with Crippen molar-refractivity contribution in [3.8, 4) is 0 Å². The molecule has 1 saturated heterocycles. The van der Waals surface area contributed by atoms with Crippen LogP contribution < -0.4 is 10.6 Å². The predicted molar refractivity (Wildman–Crippen MR) is 85.0 cm³/mol. The molecule has 1 atom stereocenters. The van der Waals surface area contributed by atoms with Gasteiger partial charge >= 0.3 is 6.03 Å². The fourth-order valence-electron chi connectivity index (χ4n) is 2.50. The predicted octanol–water partition coefficient (Wildman–Crippen LogP) is 2.55. The molecule has 2 N–H and O–H groups in total. The Kier molecular flexibility index (Phi) is 4.20. The highest BCUT2D eigenvalue weighted by molar-refractivity contribution is 5.91. The number of anilines is 1. The van der Waals surface area contributed by atoms with E-state index in [9.17, 15) is 4.79 Å². The van der Waals surface area contributed by atoms with Crippen molar-refractivity contribution in [3.05, 3.63) is 29.6 Å². The van der Waals surface area contributed by atoms with E-state index in [4.69, 9.17) is 4.74 Å². The van der Waals surface area contributed by atoms with Crippen LogP contribution in [0, 0.1) is 13.8 Å². The van der Waals surface area contributed by atoms with Crippen molar-refractivity contribution in [3.63, 3.8) is 0 Å². The second kappa shape index (κ2) is 6.27. The minimum absolute atomic E-state index is 0.138. The molecule has 0 saturated carbocycles. The lowest BCUT2D eigenvalue weighted by molar-refractivity contribution is 0.112. The summed E-state index contributed by atoms with van der Waals surface area (Å²) in [4.78, 5) is 20.9. The molecular formula is C16H20N4O2. The number of hydrogen-bond donors (Lipinski definition) is 2. The number of aryl methyl sites for hydroxylation is 2. The van der Waals surface area contributed by atoms with E-state index in [1.54, 1.807) is 0 Å². The van der Waals surface area contributed by atoms with Crippen LogP contribution in [-0.4, -0.2) is 35.3 Å². The van der Waals surface area contributed by atoms with Crippen LogP contribution in [0.2, 0.25) is 0 Å². The third-order valence-electron chi connectivity index (χ3n) is 3.85. The third-order valence-corrected chi connectivity index (χ3v) is 3.85. The summed E-state index contributed by atoms with van der Waals surface area (Å²) in [7, 11) is 0. The van der Waals surface area contributed by atoms with Gasteiger partial charge in [-0.3, -0.25) is 0 Å². The summed E-state index contributed by atoms with van der Waals surface area (Å²) in [6, 6.07) is 5.30. The Bertz CT molecular complexity index is 696. The van der Waals surface area contributed by atoms with E-state index >= 15 is 0 Å². The molecule has 0 radical (unpaired) electrons. The number of carbonyl (C=O) groups excluding carboxylic acids is 1. The quantitative estimate of drug-likeness (QED) is 0.913. The lowest BCUT2D eigenvalue weighted by atomic mass is 10.2. The van der Waals surface area contributed by atoms with E-state index in [0.29, 0.717) is 12.2 Å². The van der Waals surface area contributed by atoms with Gasteiger partial charge in [-0.25, -0.2) is 14.8 Å². The molecule has 1 fully saturated rings. The van der Waals surface area contributed by atoms with E-state index in [1.807, 2.05) is 32.0 Å². The number of aromatic nitrogens is 2. The van der Waals surface area contributed by atoms with Crippen molar-refractivity contribution in [1.29, 1.82) is 0 Å². The summed E-state index contributed by atoms with van der Waals surface area (Å²) < 4.78 is 5.47. The molecule has 6 nitrogen and oxygen atoms in total. The number of amides is 2. The molecule has 22 heavy (non-hydrogen) atoms. The van der Waals surface area contributed by atoms with Crippen LogP contribution in [0.5, 0.6) is 0 Å². The van der Waals surface area contributed by atoms with Gasteiger partial charge in [-0.05, 0) is 44.9 Å². The standard InChI is InChI=1S/C16H20N4O2/c1-10-11(2)19-15-8-12(5-6-14(15)18-10)20-16(21)17-9-13-4-3-7-22-13/h5-6,8,13H,3-4,7,9H2,1-2H3,(H2,17,20,21). The maximum Gasteiger partial charge on any atom is 0.319 e. The third kappa shape index (κ3) is 3.33. The second-order valence-corrected chi connectivity index (χ2v) is 5.57. The van der Waals surface area contributed by atoms with E-state index in [-0.39, 0.29) is 12.1 Å². The topological polar surface area (TPSA) is 76.1 Å². The molecule has 0 aliphatic carbocycles. The smallest absolute Gasteiger partial charge is 0.319 e. The van der Waals surface area contributed by atoms with Crippen molar-refractivity contribution in [1.82, 2.24) is 15.3 Å². The zero-order valence-corrected chi connectivity index (χ0v) is 12.8. The molecule has 0 spiro atoms. The Balaban J connectivity index is 1.65. The summed E-state index contributed by atoms with van der Waals surface area (Å²) in [6.07, 6.45) is 2.21. The number of nitrogens with one attached hydrogen (secondary N) is 2. The van der Waals surface area contributed by atoms with Gasteiger partial charge in [-0.2, -0.15) is 0 Å². The average Bonchev–Trinajstić information content (AvgIpc) is 3.00. The minimum Gasteiger partial charge on any atom is -0.376 e. The van der Waals surface area contributed by atoms with Crippen molar-refractivity contribution in [2.24, 2.45) is 0 Å². The van der Waals surface area contributed by atoms with Gasteiger partial charge in [0.15, 0.2) is 0 Å². The molecular weight excluding hydrogens is 280 g/mol. The Morgan fingerprint density at radius 1 is 1.27 bits per heavy atom. The number of benzene rings is 1. The number of hydrogen-bond acceptors (Lipinski definition) is 4. The molecule has 3 rings (SSSR count). The van der Waals surface area contributed by atoms with Crippen LogP contribution in [0.1, 0.15) is 24.2 Å². The van der Waals surface area contributed by atoms with Gasteiger partial charge in [0.25, 0.3) is 0 Å². The zero-order valence-electron chi connectivity index (χ0n) is 12.8. The molecule has 2 aromatic rings. The van der Waals surface area contributed by atoms with Gasteiger partial charge in [0.2, 0.25) is 0 Å². The fraction of sp³-hybridized carbons (Fsp3) is 0.438. The summed E-state index contributed by atoms with van der Waals surface area (Å²) in [6.45, 7) is 5.19. The first-order chi connectivity index (χ1) is 10.6. The van der Waals surface area contributed by atoms with E-state index in [0.717, 1.165) is 41.9 Å². The van der Waals surface area contributed by atoms with Crippen LogP contribution in [0.4, 0.5) is 10.5 Å². The highest BCUT2D eigenvalue weighted by Gasteiger charge is 2.16. The van der Waals surface area contributed by atoms with E-state index < -0.39 is 0 Å². The Morgan fingerprint density at radius 2 is 2.05 bits per heavy atom. The second-order valence-electron chi connectivity index (χ2n) is 5.57. The molecule has 1 aromatic heterocycles. The Morgan fingerprint density at radius 3 is 2.77 bits per heavy atom. The Labute approximate surface area is 129 Å². The molecule has 1 unspecified atom stereocenters. The number of urea groups is 1. The van der Waals surface area contributed by atoms with Crippen molar-refractivity contribution < 1.29 is 9.53 Å². The normalized spacial score (nSPS) is 17.6. The van der Waals surface area contributed by atoms with E-state index in [2.05, 4.69) is 20.6 Å². The SMILES string of the molecule is Cc1nc2ccc(NC(=O)NCC3CCCO3)cc2nc1C. The molecule has 2 heterocycles. The maximum atomic E-state index is 11.9. The Hall–Kier alpha value is -2.21. The average molecular weight is 300 g/mol. The summed E-state index contributed by atoms with van der Waals surface area (Å²) in [5, 5.41) is 5.65. The maximum absolute atomic E-state index is 11.9. The highest BCUT2D eigenvalue weighted by atomic mass is 16.5. The van der Waals surface area contributed by atoms with Gasteiger partial charge in [0.1, 0.15) is 0 Å². The number of ether oxygens (including phenoxy) is 1. The zero-order chi connectivity index (χ0) is 15.5.